The van der Waals surface area contributed by atoms with Crippen LogP contribution in [0.3, 0.4) is 0 Å². The summed E-state index contributed by atoms with van der Waals surface area (Å²) in [6.07, 6.45) is 1.64. The minimum absolute atomic E-state index is 0.122. The van der Waals surface area contributed by atoms with E-state index in [1.165, 1.54) is 28.4 Å². The van der Waals surface area contributed by atoms with Crippen molar-refractivity contribution >= 4 is 42.4 Å². The Hall–Kier alpha value is -3.10. The summed E-state index contributed by atoms with van der Waals surface area (Å²) in [7, 11) is -3.78. The standard InChI is InChI=1S/C23H21N3O3S2/c1-16-12-17(2)22-20(13-16)25-23(30-22)26(14-18-8-6-7-11-24-18)21(27)15-31(28,29)19-9-4-3-5-10-19/h3-13H,14-15H2,1-2H3. The lowest BCUT2D eigenvalue weighted by Crippen LogP contribution is -2.35. The van der Waals surface area contributed by atoms with E-state index in [1.54, 1.807) is 36.5 Å². The molecule has 2 heterocycles. The summed E-state index contributed by atoms with van der Waals surface area (Å²) >= 11 is 1.38. The molecule has 2 aromatic heterocycles. The highest BCUT2D eigenvalue weighted by atomic mass is 32.2. The van der Waals surface area contributed by atoms with Crippen molar-refractivity contribution in [2.45, 2.75) is 25.3 Å². The first-order valence-electron chi connectivity index (χ1n) is 9.69. The molecule has 0 saturated heterocycles. The van der Waals surface area contributed by atoms with Gasteiger partial charge in [-0.2, -0.15) is 0 Å². The number of aromatic nitrogens is 2. The number of anilines is 1. The fourth-order valence-corrected chi connectivity index (χ4v) is 5.60. The first-order valence-corrected chi connectivity index (χ1v) is 12.2. The van der Waals surface area contributed by atoms with Gasteiger partial charge in [0.05, 0.1) is 27.4 Å². The van der Waals surface area contributed by atoms with Crippen LogP contribution in [0.2, 0.25) is 0 Å². The molecular formula is C23H21N3O3S2. The molecule has 4 aromatic rings. The number of thiazole rings is 1. The number of aryl methyl sites for hydroxylation is 2. The maximum atomic E-state index is 13.3. The van der Waals surface area contributed by atoms with Crippen LogP contribution >= 0.6 is 11.3 Å². The van der Waals surface area contributed by atoms with Crippen LogP contribution in [0.15, 0.2) is 71.8 Å². The molecule has 0 bridgehead atoms. The molecule has 8 heteroatoms. The Morgan fingerprint density at radius 1 is 1.03 bits per heavy atom. The van der Waals surface area contributed by atoms with Crippen LogP contribution in [-0.2, 0) is 21.2 Å². The molecule has 0 saturated carbocycles. The first-order chi connectivity index (χ1) is 14.8. The zero-order valence-electron chi connectivity index (χ0n) is 17.1. The number of carbonyl (C=O) groups is 1. The van der Waals surface area contributed by atoms with E-state index < -0.39 is 21.5 Å². The second-order valence-corrected chi connectivity index (χ2v) is 10.3. The highest BCUT2D eigenvalue weighted by molar-refractivity contribution is 7.92. The highest BCUT2D eigenvalue weighted by Gasteiger charge is 2.27. The van der Waals surface area contributed by atoms with Gasteiger partial charge in [-0.05, 0) is 55.3 Å². The molecule has 0 fully saturated rings. The van der Waals surface area contributed by atoms with Crippen molar-refractivity contribution in [2.24, 2.45) is 0 Å². The molecule has 0 atom stereocenters. The largest absolute Gasteiger partial charge is 0.281 e. The Kier molecular flexibility index (Phi) is 5.84. The van der Waals surface area contributed by atoms with E-state index in [0.29, 0.717) is 10.8 Å². The van der Waals surface area contributed by atoms with Crippen molar-refractivity contribution in [3.8, 4) is 0 Å². The number of amides is 1. The number of carbonyl (C=O) groups excluding carboxylic acids is 1. The Morgan fingerprint density at radius 3 is 2.48 bits per heavy atom. The van der Waals surface area contributed by atoms with Crippen molar-refractivity contribution in [1.82, 2.24) is 9.97 Å². The second kappa shape index (κ2) is 8.56. The number of fused-ring (bicyclic) bond motifs is 1. The Balaban J connectivity index is 1.72. The number of pyridine rings is 1. The molecule has 1 amide bonds. The molecule has 2 aromatic carbocycles. The van der Waals surface area contributed by atoms with Crippen molar-refractivity contribution in [2.75, 3.05) is 10.7 Å². The van der Waals surface area contributed by atoms with Gasteiger partial charge in [0.1, 0.15) is 5.75 Å². The van der Waals surface area contributed by atoms with E-state index in [1.807, 2.05) is 26.0 Å². The second-order valence-electron chi connectivity index (χ2n) is 7.30. The van der Waals surface area contributed by atoms with E-state index in [-0.39, 0.29) is 11.4 Å². The van der Waals surface area contributed by atoms with Gasteiger partial charge in [-0.25, -0.2) is 13.4 Å². The van der Waals surface area contributed by atoms with Gasteiger partial charge >= 0.3 is 0 Å². The predicted octanol–water partition coefficient (Wildman–Crippen LogP) is 4.32. The van der Waals surface area contributed by atoms with Crippen molar-refractivity contribution in [1.29, 1.82) is 0 Å². The van der Waals surface area contributed by atoms with Crippen LogP contribution in [0.5, 0.6) is 0 Å². The SMILES string of the molecule is Cc1cc(C)c2sc(N(Cc3ccccn3)C(=O)CS(=O)(=O)c3ccccc3)nc2c1. The lowest BCUT2D eigenvalue weighted by Gasteiger charge is -2.19. The molecule has 4 rings (SSSR count). The smallest absolute Gasteiger partial charge is 0.244 e. The van der Waals surface area contributed by atoms with Crippen LogP contribution in [0.4, 0.5) is 5.13 Å². The lowest BCUT2D eigenvalue weighted by atomic mass is 10.1. The van der Waals surface area contributed by atoms with E-state index >= 15 is 0 Å². The Morgan fingerprint density at radius 2 is 1.77 bits per heavy atom. The molecule has 0 N–H and O–H groups in total. The summed E-state index contributed by atoms with van der Waals surface area (Å²) in [4.78, 5) is 23.7. The summed E-state index contributed by atoms with van der Waals surface area (Å²) in [5.74, 6) is -1.18. The van der Waals surface area contributed by atoms with Crippen LogP contribution in [0.1, 0.15) is 16.8 Å². The number of hydrogen-bond acceptors (Lipinski definition) is 6. The molecular weight excluding hydrogens is 430 g/mol. The van der Waals surface area contributed by atoms with Crippen LogP contribution in [0.25, 0.3) is 10.2 Å². The van der Waals surface area contributed by atoms with Gasteiger partial charge in [0.15, 0.2) is 15.0 Å². The maximum absolute atomic E-state index is 13.3. The molecule has 6 nitrogen and oxygen atoms in total. The predicted molar refractivity (Wildman–Crippen MR) is 123 cm³/mol. The van der Waals surface area contributed by atoms with Crippen molar-refractivity contribution in [3.05, 3.63) is 83.7 Å². The van der Waals surface area contributed by atoms with Gasteiger partial charge < -0.3 is 0 Å². The molecule has 0 radical (unpaired) electrons. The van der Waals surface area contributed by atoms with E-state index in [4.69, 9.17) is 0 Å². The first kappa shape index (κ1) is 21.1. The summed E-state index contributed by atoms with van der Waals surface area (Å²) in [5, 5.41) is 0.461. The third kappa shape index (κ3) is 4.65. The van der Waals surface area contributed by atoms with Crippen molar-refractivity contribution < 1.29 is 13.2 Å². The maximum Gasteiger partial charge on any atom is 0.244 e. The fourth-order valence-electron chi connectivity index (χ4n) is 3.35. The van der Waals surface area contributed by atoms with Gasteiger partial charge in [-0.15, -0.1) is 0 Å². The minimum Gasteiger partial charge on any atom is -0.281 e. The normalized spacial score (nSPS) is 11.5. The average molecular weight is 452 g/mol. The van der Waals surface area contributed by atoms with Gasteiger partial charge in [0.2, 0.25) is 5.91 Å². The van der Waals surface area contributed by atoms with E-state index in [9.17, 15) is 13.2 Å². The number of benzene rings is 2. The molecule has 0 aliphatic heterocycles. The van der Waals surface area contributed by atoms with Crippen LogP contribution in [0, 0.1) is 13.8 Å². The van der Waals surface area contributed by atoms with E-state index in [0.717, 1.165) is 21.3 Å². The summed E-state index contributed by atoms with van der Waals surface area (Å²) in [6, 6.07) is 17.5. The topological polar surface area (TPSA) is 80.2 Å². The molecule has 0 spiro atoms. The number of nitrogens with zero attached hydrogens (tertiary/aromatic N) is 3. The third-order valence-electron chi connectivity index (χ3n) is 4.80. The van der Waals surface area contributed by atoms with Crippen LogP contribution in [-0.4, -0.2) is 30.0 Å². The quantitative estimate of drug-likeness (QED) is 0.436. The number of hydrogen-bond donors (Lipinski definition) is 0. The van der Waals surface area contributed by atoms with Gasteiger partial charge in [-0.1, -0.05) is 41.7 Å². The average Bonchev–Trinajstić information content (AvgIpc) is 3.17. The zero-order valence-corrected chi connectivity index (χ0v) is 18.8. The Bertz CT molecular complexity index is 1330. The van der Waals surface area contributed by atoms with E-state index in [2.05, 4.69) is 16.0 Å². The Labute approximate surface area is 185 Å². The minimum atomic E-state index is -3.78. The summed E-state index contributed by atoms with van der Waals surface area (Å²) in [6.45, 7) is 4.14. The highest BCUT2D eigenvalue weighted by Crippen LogP contribution is 2.33. The number of sulfone groups is 1. The van der Waals surface area contributed by atoms with Crippen LogP contribution < -0.4 is 4.90 Å². The monoisotopic (exact) mass is 451 g/mol. The lowest BCUT2D eigenvalue weighted by molar-refractivity contribution is -0.116. The van der Waals surface area contributed by atoms with Crippen molar-refractivity contribution in [3.63, 3.8) is 0 Å². The summed E-state index contributed by atoms with van der Waals surface area (Å²) in [5.41, 5.74) is 3.60. The van der Waals surface area contributed by atoms with Gasteiger partial charge in [0, 0.05) is 6.20 Å². The molecule has 0 unspecified atom stereocenters. The van der Waals surface area contributed by atoms with Gasteiger partial charge in [0.25, 0.3) is 0 Å². The van der Waals surface area contributed by atoms with Gasteiger partial charge in [-0.3, -0.25) is 14.7 Å². The molecule has 158 valence electrons. The molecule has 31 heavy (non-hydrogen) atoms. The zero-order chi connectivity index (χ0) is 22.0. The third-order valence-corrected chi connectivity index (χ3v) is 7.65. The number of rotatable bonds is 6. The summed E-state index contributed by atoms with van der Waals surface area (Å²) < 4.78 is 26.6. The fraction of sp³-hybridized carbons (Fsp3) is 0.174. The molecule has 0 aliphatic carbocycles. The molecule has 0 aliphatic rings.